The Morgan fingerprint density at radius 3 is 1.50 bits per heavy atom. The number of rotatable bonds is 12. The van der Waals surface area contributed by atoms with Crippen LogP contribution in [-0.4, -0.2) is 26.6 Å². The standard InChI is InChI=1S/C29H46O2Si/c1-23(19-25(3)21-30)18-24(2)20-26(4)22-31-32(29(5,6)7,27-14-10-8-11-15-27)28-16-12-9-13-17-28/h8-17,23-26,30H,18-22H2,1-7H3/t23-,24+,25-,26-/m0/s1. The Balaban J connectivity index is 2.17. The van der Waals surface area contributed by atoms with E-state index in [1.165, 1.54) is 23.2 Å². The summed E-state index contributed by atoms with van der Waals surface area (Å²) in [6.45, 7) is 17.3. The minimum atomic E-state index is -2.45. The molecule has 2 aromatic carbocycles. The van der Waals surface area contributed by atoms with E-state index in [1.807, 2.05) is 0 Å². The number of hydrogen-bond donors (Lipinski definition) is 1. The molecule has 0 amide bonds. The summed E-state index contributed by atoms with van der Waals surface area (Å²) in [7, 11) is -2.45. The van der Waals surface area contributed by atoms with Crippen molar-refractivity contribution in [1.82, 2.24) is 0 Å². The van der Waals surface area contributed by atoms with Gasteiger partial charge in [-0.3, -0.25) is 0 Å². The molecule has 3 heteroatoms. The van der Waals surface area contributed by atoms with Gasteiger partial charge < -0.3 is 9.53 Å². The Bertz CT molecular complexity index is 729. The van der Waals surface area contributed by atoms with Crippen LogP contribution in [0.4, 0.5) is 0 Å². The smallest absolute Gasteiger partial charge is 0.261 e. The quantitative estimate of drug-likeness (QED) is 0.383. The second-order valence-corrected chi connectivity index (χ2v) is 15.6. The highest BCUT2D eigenvalue weighted by Gasteiger charge is 2.50. The molecule has 2 rings (SSSR count). The molecule has 2 aromatic rings. The van der Waals surface area contributed by atoms with Crippen LogP contribution in [0, 0.1) is 23.7 Å². The van der Waals surface area contributed by atoms with Crippen molar-refractivity contribution in [2.24, 2.45) is 23.7 Å². The van der Waals surface area contributed by atoms with Crippen LogP contribution in [0.3, 0.4) is 0 Å². The van der Waals surface area contributed by atoms with Crippen LogP contribution in [0.15, 0.2) is 60.7 Å². The van der Waals surface area contributed by atoms with Gasteiger partial charge in [-0.05, 0) is 58.3 Å². The van der Waals surface area contributed by atoms with Crippen LogP contribution >= 0.6 is 0 Å². The van der Waals surface area contributed by atoms with Gasteiger partial charge in [-0.25, -0.2) is 0 Å². The van der Waals surface area contributed by atoms with Gasteiger partial charge in [-0.2, -0.15) is 0 Å². The number of hydrogen-bond acceptors (Lipinski definition) is 2. The number of aliphatic hydroxyl groups is 1. The molecule has 0 bridgehead atoms. The Kier molecular flexibility index (Phi) is 10.2. The fraction of sp³-hybridized carbons (Fsp3) is 0.586. The van der Waals surface area contributed by atoms with Gasteiger partial charge in [0.15, 0.2) is 0 Å². The first kappa shape index (κ1) is 26.8. The summed E-state index contributed by atoms with van der Waals surface area (Å²) < 4.78 is 7.12. The molecule has 178 valence electrons. The molecule has 0 unspecified atom stereocenters. The zero-order valence-electron chi connectivity index (χ0n) is 21.5. The first-order valence-electron chi connectivity index (χ1n) is 12.5. The van der Waals surface area contributed by atoms with Crippen LogP contribution in [0.2, 0.25) is 5.04 Å². The predicted molar refractivity (Wildman–Crippen MR) is 141 cm³/mol. The summed E-state index contributed by atoms with van der Waals surface area (Å²) in [6.07, 6.45) is 3.50. The van der Waals surface area contributed by atoms with Crippen molar-refractivity contribution in [2.75, 3.05) is 13.2 Å². The maximum atomic E-state index is 9.35. The highest BCUT2D eigenvalue weighted by Crippen LogP contribution is 2.37. The van der Waals surface area contributed by atoms with Crippen molar-refractivity contribution in [1.29, 1.82) is 0 Å². The van der Waals surface area contributed by atoms with Gasteiger partial charge in [0.25, 0.3) is 8.32 Å². The number of aliphatic hydroxyl groups excluding tert-OH is 1. The molecule has 0 saturated carbocycles. The van der Waals surface area contributed by atoms with Crippen LogP contribution in [0.5, 0.6) is 0 Å². The highest BCUT2D eigenvalue weighted by molar-refractivity contribution is 6.99. The first-order valence-corrected chi connectivity index (χ1v) is 14.4. The van der Waals surface area contributed by atoms with Crippen molar-refractivity contribution in [2.45, 2.75) is 72.8 Å². The van der Waals surface area contributed by atoms with Crippen molar-refractivity contribution in [3.8, 4) is 0 Å². The van der Waals surface area contributed by atoms with Crippen molar-refractivity contribution in [3.05, 3.63) is 60.7 Å². The van der Waals surface area contributed by atoms with Crippen LogP contribution in [0.1, 0.15) is 67.7 Å². The minimum absolute atomic E-state index is 0.0238. The molecule has 0 aliphatic rings. The molecule has 1 N–H and O–H groups in total. The molecule has 0 fully saturated rings. The van der Waals surface area contributed by atoms with E-state index in [9.17, 15) is 5.11 Å². The maximum Gasteiger partial charge on any atom is 0.261 e. The van der Waals surface area contributed by atoms with Crippen molar-refractivity contribution in [3.63, 3.8) is 0 Å². The second-order valence-electron chi connectivity index (χ2n) is 11.3. The SMILES string of the molecule is C[C@H](C[C@H](C)C[C@H](C)CO)C[C@H](C)CO[Si](c1ccccc1)(c1ccccc1)C(C)(C)C. The predicted octanol–water partition coefficient (Wildman–Crippen LogP) is 6.27. The van der Waals surface area contributed by atoms with Gasteiger partial charge in [0.05, 0.1) is 0 Å². The summed E-state index contributed by atoms with van der Waals surface area (Å²) in [4.78, 5) is 0. The van der Waals surface area contributed by atoms with E-state index in [0.29, 0.717) is 30.3 Å². The Morgan fingerprint density at radius 2 is 1.09 bits per heavy atom. The zero-order chi connectivity index (χ0) is 23.8. The van der Waals surface area contributed by atoms with Crippen molar-refractivity contribution >= 4 is 18.7 Å². The van der Waals surface area contributed by atoms with E-state index in [1.54, 1.807) is 0 Å². The molecule has 0 aromatic heterocycles. The fourth-order valence-electron chi connectivity index (χ4n) is 5.42. The van der Waals surface area contributed by atoms with Gasteiger partial charge in [0, 0.05) is 13.2 Å². The molecular weight excluding hydrogens is 408 g/mol. The maximum absolute atomic E-state index is 9.35. The molecule has 0 aliphatic heterocycles. The summed E-state index contributed by atoms with van der Waals surface area (Å²) in [5.41, 5.74) is 0. The van der Waals surface area contributed by atoms with Crippen molar-refractivity contribution < 1.29 is 9.53 Å². The lowest BCUT2D eigenvalue weighted by atomic mass is 9.86. The summed E-state index contributed by atoms with van der Waals surface area (Å²) in [5.74, 6) is 2.22. The fourth-order valence-corrected chi connectivity index (χ4v) is 10.1. The van der Waals surface area contributed by atoms with E-state index in [0.717, 1.165) is 13.0 Å². The lowest BCUT2D eigenvalue weighted by Crippen LogP contribution is -2.66. The summed E-state index contributed by atoms with van der Waals surface area (Å²) in [5, 5.41) is 12.1. The van der Waals surface area contributed by atoms with Crippen LogP contribution in [-0.2, 0) is 4.43 Å². The minimum Gasteiger partial charge on any atom is -0.407 e. The van der Waals surface area contributed by atoms with Crippen LogP contribution < -0.4 is 10.4 Å². The Hall–Kier alpha value is -1.42. The Morgan fingerprint density at radius 1 is 0.688 bits per heavy atom. The van der Waals surface area contributed by atoms with E-state index in [-0.39, 0.29) is 5.04 Å². The molecule has 0 aliphatic carbocycles. The van der Waals surface area contributed by atoms with Gasteiger partial charge in [-0.15, -0.1) is 0 Å². The normalized spacial score (nSPS) is 16.4. The van der Waals surface area contributed by atoms with E-state index >= 15 is 0 Å². The zero-order valence-corrected chi connectivity index (χ0v) is 22.5. The lowest BCUT2D eigenvalue weighted by molar-refractivity contribution is 0.194. The van der Waals surface area contributed by atoms with E-state index in [2.05, 4.69) is 109 Å². The lowest BCUT2D eigenvalue weighted by Gasteiger charge is -2.43. The second kappa shape index (κ2) is 12.2. The molecule has 0 radical (unpaired) electrons. The van der Waals surface area contributed by atoms with E-state index < -0.39 is 8.32 Å². The summed E-state index contributed by atoms with van der Waals surface area (Å²) in [6, 6.07) is 21.8. The average molecular weight is 455 g/mol. The van der Waals surface area contributed by atoms with Gasteiger partial charge in [0.2, 0.25) is 0 Å². The molecule has 0 spiro atoms. The topological polar surface area (TPSA) is 29.5 Å². The third-order valence-corrected chi connectivity index (χ3v) is 11.7. The molecule has 4 atom stereocenters. The summed E-state index contributed by atoms with van der Waals surface area (Å²) >= 11 is 0. The molecule has 32 heavy (non-hydrogen) atoms. The molecule has 0 heterocycles. The monoisotopic (exact) mass is 454 g/mol. The average Bonchev–Trinajstić information content (AvgIpc) is 2.74. The van der Waals surface area contributed by atoms with Gasteiger partial charge >= 0.3 is 0 Å². The third kappa shape index (κ3) is 7.04. The Labute approximate surface area is 198 Å². The molecule has 0 saturated heterocycles. The first-order chi connectivity index (χ1) is 15.1. The highest BCUT2D eigenvalue weighted by atomic mass is 28.4. The molecular formula is C29H46O2Si. The third-order valence-electron chi connectivity index (χ3n) is 6.73. The van der Waals surface area contributed by atoms with Gasteiger partial charge in [-0.1, -0.05) is 109 Å². The van der Waals surface area contributed by atoms with Gasteiger partial charge in [0.1, 0.15) is 0 Å². The van der Waals surface area contributed by atoms with E-state index in [4.69, 9.17) is 4.43 Å². The largest absolute Gasteiger partial charge is 0.407 e. The van der Waals surface area contributed by atoms with Crippen LogP contribution in [0.25, 0.3) is 0 Å². The number of benzene rings is 2. The molecule has 2 nitrogen and oxygen atoms in total.